The van der Waals surface area contributed by atoms with Crippen molar-refractivity contribution in [3.63, 3.8) is 0 Å². The second-order valence-corrected chi connectivity index (χ2v) is 6.89. The maximum Gasteiger partial charge on any atom is 0.216 e. The Kier molecular flexibility index (Phi) is 4.40. The largest absolute Gasteiger partial charge is 0.476 e. The minimum Gasteiger partial charge on any atom is -0.476 e. The summed E-state index contributed by atoms with van der Waals surface area (Å²) in [5.41, 5.74) is 3.95. The van der Waals surface area contributed by atoms with Gasteiger partial charge in [0.15, 0.2) is 5.82 Å². The van der Waals surface area contributed by atoms with Crippen molar-refractivity contribution in [2.24, 2.45) is 4.99 Å². The van der Waals surface area contributed by atoms with E-state index in [1.54, 1.807) is 18.7 Å². The van der Waals surface area contributed by atoms with E-state index in [-0.39, 0.29) is 6.04 Å². The fourth-order valence-electron chi connectivity index (χ4n) is 3.43. The van der Waals surface area contributed by atoms with E-state index in [0.29, 0.717) is 30.7 Å². The molecular weight excluding hydrogens is 364 g/mol. The average Bonchev–Trinajstić information content (AvgIpc) is 3.44. The first-order valence-electron chi connectivity index (χ1n) is 9.56. The number of benzene rings is 2. The van der Waals surface area contributed by atoms with Crippen molar-refractivity contribution in [2.75, 3.05) is 18.5 Å². The molecule has 3 heterocycles. The highest BCUT2D eigenvalue weighted by molar-refractivity contribution is 5.98. The second kappa shape index (κ2) is 7.35. The fraction of sp³-hybridized carbons (Fsp3) is 0.182. The number of nitrogens with one attached hydrogen (secondary N) is 1. The number of anilines is 1. The molecule has 2 aromatic carbocycles. The highest BCUT2D eigenvalue weighted by atomic mass is 16.5. The van der Waals surface area contributed by atoms with E-state index in [0.717, 1.165) is 16.6 Å². The van der Waals surface area contributed by atoms with Crippen molar-refractivity contribution in [3.8, 4) is 5.82 Å². The molecule has 0 saturated carbocycles. The maximum absolute atomic E-state index is 5.55. The van der Waals surface area contributed by atoms with Crippen LogP contribution >= 0.6 is 0 Å². The smallest absolute Gasteiger partial charge is 0.216 e. The molecule has 1 aliphatic heterocycles. The van der Waals surface area contributed by atoms with Gasteiger partial charge in [0.1, 0.15) is 18.8 Å². The van der Waals surface area contributed by atoms with Crippen LogP contribution in [-0.2, 0) is 4.74 Å². The predicted octanol–water partition coefficient (Wildman–Crippen LogP) is 3.77. The summed E-state index contributed by atoms with van der Waals surface area (Å²) in [4.78, 5) is 18.0. The number of rotatable bonds is 5. The quantitative estimate of drug-likeness (QED) is 0.567. The number of hydrogen-bond donors (Lipinski definition) is 1. The summed E-state index contributed by atoms with van der Waals surface area (Å²) in [7, 11) is 0. The van der Waals surface area contributed by atoms with Gasteiger partial charge in [-0.1, -0.05) is 30.3 Å². The van der Waals surface area contributed by atoms with Gasteiger partial charge in [0.05, 0.1) is 30.0 Å². The first-order chi connectivity index (χ1) is 14.3. The van der Waals surface area contributed by atoms with Crippen LogP contribution in [-0.4, -0.2) is 38.6 Å². The van der Waals surface area contributed by atoms with Crippen LogP contribution in [0.25, 0.3) is 16.9 Å². The lowest BCUT2D eigenvalue weighted by atomic mass is 10.1. The van der Waals surface area contributed by atoms with Gasteiger partial charge in [-0.05, 0) is 30.7 Å². The SMILES string of the molecule is C[C@H](Nc1cncc(-n2cnc3cc(C4=NCCO4)ccc32)n1)c1ccccc1. The van der Waals surface area contributed by atoms with Crippen molar-refractivity contribution in [2.45, 2.75) is 13.0 Å². The number of imidazole rings is 1. The Morgan fingerprint density at radius 3 is 2.83 bits per heavy atom. The third-order valence-corrected chi connectivity index (χ3v) is 4.91. The summed E-state index contributed by atoms with van der Waals surface area (Å²) in [6.45, 7) is 3.45. The molecule has 0 radical (unpaired) electrons. The number of aromatic nitrogens is 4. The maximum atomic E-state index is 5.55. The van der Waals surface area contributed by atoms with Crippen LogP contribution in [0.3, 0.4) is 0 Å². The molecule has 0 unspecified atom stereocenters. The lowest BCUT2D eigenvalue weighted by molar-refractivity contribution is 0.348. The van der Waals surface area contributed by atoms with Gasteiger partial charge in [0, 0.05) is 11.6 Å². The van der Waals surface area contributed by atoms with Crippen LogP contribution in [0, 0.1) is 0 Å². The number of aliphatic imine (C=N–C) groups is 1. The van der Waals surface area contributed by atoms with Gasteiger partial charge < -0.3 is 10.1 Å². The van der Waals surface area contributed by atoms with Crippen LogP contribution in [0.2, 0.25) is 0 Å². The minimum atomic E-state index is 0.120. The average molecular weight is 384 g/mol. The Morgan fingerprint density at radius 1 is 1.10 bits per heavy atom. The number of fused-ring (bicyclic) bond motifs is 1. The molecule has 144 valence electrons. The van der Waals surface area contributed by atoms with Crippen molar-refractivity contribution in [1.29, 1.82) is 0 Å². The van der Waals surface area contributed by atoms with Crippen molar-refractivity contribution < 1.29 is 4.74 Å². The Labute approximate surface area is 168 Å². The minimum absolute atomic E-state index is 0.120. The topological polar surface area (TPSA) is 77.2 Å². The predicted molar refractivity (Wildman–Crippen MR) is 112 cm³/mol. The molecule has 0 aliphatic carbocycles. The van der Waals surface area contributed by atoms with Crippen molar-refractivity contribution in [1.82, 2.24) is 19.5 Å². The Hall–Kier alpha value is -3.74. The molecule has 7 heteroatoms. The molecule has 4 aromatic rings. The first-order valence-corrected chi connectivity index (χ1v) is 9.56. The number of nitrogens with zero attached hydrogens (tertiary/aromatic N) is 5. The zero-order valence-electron chi connectivity index (χ0n) is 16.0. The molecule has 0 saturated heterocycles. The fourth-order valence-corrected chi connectivity index (χ4v) is 3.43. The van der Waals surface area contributed by atoms with Gasteiger partial charge >= 0.3 is 0 Å². The summed E-state index contributed by atoms with van der Waals surface area (Å²) in [6, 6.07) is 16.4. The van der Waals surface area contributed by atoms with Crippen LogP contribution < -0.4 is 5.32 Å². The van der Waals surface area contributed by atoms with E-state index in [1.165, 1.54) is 5.56 Å². The molecule has 0 fully saturated rings. The third-order valence-electron chi connectivity index (χ3n) is 4.91. The van der Waals surface area contributed by atoms with Gasteiger partial charge in [-0.3, -0.25) is 9.55 Å². The summed E-state index contributed by atoms with van der Waals surface area (Å²) in [5.74, 6) is 2.10. The summed E-state index contributed by atoms with van der Waals surface area (Å²) >= 11 is 0. The molecule has 0 amide bonds. The highest BCUT2D eigenvalue weighted by Crippen LogP contribution is 2.22. The lowest BCUT2D eigenvalue weighted by Crippen LogP contribution is -2.09. The molecule has 0 spiro atoms. The first kappa shape index (κ1) is 17.4. The highest BCUT2D eigenvalue weighted by Gasteiger charge is 2.14. The Bertz CT molecular complexity index is 1180. The van der Waals surface area contributed by atoms with E-state index in [2.05, 4.69) is 39.3 Å². The zero-order chi connectivity index (χ0) is 19.6. The molecule has 29 heavy (non-hydrogen) atoms. The summed E-state index contributed by atoms with van der Waals surface area (Å²) < 4.78 is 7.49. The van der Waals surface area contributed by atoms with Crippen molar-refractivity contribution >= 4 is 22.7 Å². The molecular formula is C22H20N6O. The van der Waals surface area contributed by atoms with E-state index >= 15 is 0 Å². The van der Waals surface area contributed by atoms with Crippen LogP contribution in [0.15, 0.2) is 72.2 Å². The lowest BCUT2D eigenvalue weighted by Gasteiger charge is -2.15. The number of hydrogen-bond acceptors (Lipinski definition) is 6. The molecule has 1 N–H and O–H groups in total. The van der Waals surface area contributed by atoms with Gasteiger partial charge in [-0.15, -0.1) is 0 Å². The molecule has 2 aromatic heterocycles. The van der Waals surface area contributed by atoms with Crippen molar-refractivity contribution in [3.05, 3.63) is 78.4 Å². The summed E-state index contributed by atoms with van der Waals surface area (Å²) in [5, 5.41) is 3.42. The molecule has 0 bridgehead atoms. The monoisotopic (exact) mass is 384 g/mol. The van der Waals surface area contributed by atoms with E-state index in [9.17, 15) is 0 Å². The molecule has 7 nitrogen and oxygen atoms in total. The van der Waals surface area contributed by atoms with Crippen LogP contribution in [0.5, 0.6) is 0 Å². The van der Waals surface area contributed by atoms with E-state index in [4.69, 9.17) is 9.72 Å². The van der Waals surface area contributed by atoms with E-state index < -0.39 is 0 Å². The molecule has 1 aliphatic rings. The number of ether oxygens (including phenoxy) is 1. The normalized spacial score (nSPS) is 14.4. The van der Waals surface area contributed by atoms with Gasteiger partial charge in [-0.25, -0.2) is 15.0 Å². The van der Waals surface area contributed by atoms with Gasteiger partial charge in [0.25, 0.3) is 0 Å². The Morgan fingerprint density at radius 2 is 2.00 bits per heavy atom. The third kappa shape index (κ3) is 3.42. The Balaban J connectivity index is 1.43. The van der Waals surface area contributed by atoms with Crippen LogP contribution in [0.1, 0.15) is 24.1 Å². The van der Waals surface area contributed by atoms with Gasteiger partial charge in [-0.2, -0.15) is 0 Å². The van der Waals surface area contributed by atoms with E-state index in [1.807, 2.05) is 41.0 Å². The second-order valence-electron chi connectivity index (χ2n) is 6.89. The van der Waals surface area contributed by atoms with Crippen LogP contribution in [0.4, 0.5) is 5.82 Å². The zero-order valence-corrected chi connectivity index (χ0v) is 16.0. The van der Waals surface area contributed by atoms with Gasteiger partial charge in [0.2, 0.25) is 5.90 Å². The summed E-state index contributed by atoms with van der Waals surface area (Å²) in [6.07, 6.45) is 5.23. The molecule has 5 rings (SSSR count). The standard InChI is InChI=1S/C22H20N6O/c1-15(16-5-3-2-4-6-16)26-20-12-23-13-21(27-20)28-14-25-18-11-17(7-8-19(18)28)22-24-9-10-29-22/h2-8,11-15H,9-10H2,1H3,(H,26,27)/t15-/m0/s1. The molecule has 1 atom stereocenters.